The third kappa shape index (κ3) is 6.58. The van der Waals surface area contributed by atoms with E-state index in [-0.39, 0.29) is 24.4 Å². The Morgan fingerprint density at radius 2 is 1.75 bits per heavy atom. The van der Waals surface area contributed by atoms with Gasteiger partial charge in [0.1, 0.15) is 5.82 Å². The number of amides is 4. The highest BCUT2D eigenvalue weighted by Crippen LogP contribution is 2.33. The third-order valence-electron chi connectivity index (χ3n) is 7.35. The molecule has 5 rings (SSSR count). The van der Waals surface area contributed by atoms with E-state index < -0.39 is 6.04 Å². The van der Waals surface area contributed by atoms with E-state index in [2.05, 4.69) is 32.5 Å². The smallest absolute Gasteiger partial charge is 0.325 e. The number of rotatable bonds is 9. The monoisotopic (exact) mass is 590 g/mol. The molecule has 5 N–H and O–H groups in total. The Labute approximate surface area is 255 Å². The highest BCUT2D eigenvalue weighted by atomic mass is 16.2. The van der Waals surface area contributed by atoms with E-state index in [0.29, 0.717) is 40.9 Å². The zero-order valence-electron chi connectivity index (χ0n) is 24.8. The largest absolute Gasteiger partial charge is 0.330 e. The number of carbonyl (C=O) groups excluding carboxylic acids is 3. The number of hydrogen-bond donors (Lipinski definition) is 4. The first kappa shape index (κ1) is 29.9. The van der Waals surface area contributed by atoms with Crippen LogP contribution in [0, 0.1) is 13.8 Å². The van der Waals surface area contributed by atoms with E-state index in [1.807, 2.05) is 62.4 Å². The summed E-state index contributed by atoms with van der Waals surface area (Å²) in [4.78, 5) is 50.4. The van der Waals surface area contributed by atoms with Crippen molar-refractivity contribution in [2.24, 2.45) is 5.73 Å². The van der Waals surface area contributed by atoms with E-state index in [1.165, 1.54) is 11.0 Å². The lowest BCUT2D eigenvalue weighted by Crippen LogP contribution is -2.46. The maximum absolute atomic E-state index is 13.6. The SMILES string of the molecule is C=CC(=O)Nc1cc(Nc2ncc3c(n2)N(C)C(=O)N(c2cc(NC(=O)[C@@H](N)Cc4ccccc4)ccc2C)C3)ccc1C. The molecule has 0 radical (unpaired) electrons. The van der Waals surface area contributed by atoms with Crippen LogP contribution in [-0.4, -0.2) is 40.9 Å². The average Bonchev–Trinajstić information content (AvgIpc) is 3.02. The highest BCUT2D eigenvalue weighted by Gasteiger charge is 2.31. The molecule has 4 amide bonds. The van der Waals surface area contributed by atoms with Gasteiger partial charge in [0.15, 0.2) is 0 Å². The Morgan fingerprint density at radius 3 is 2.50 bits per heavy atom. The van der Waals surface area contributed by atoms with Gasteiger partial charge < -0.3 is 21.7 Å². The Kier molecular flexibility index (Phi) is 8.68. The lowest BCUT2D eigenvalue weighted by Gasteiger charge is -2.35. The summed E-state index contributed by atoms with van der Waals surface area (Å²) in [6.45, 7) is 7.52. The minimum atomic E-state index is -0.728. The lowest BCUT2D eigenvalue weighted by atomic mass is 10.1. The summed E-state index contributed by atoms with van der Waals surface area (Å²) in [7, 11) is 1.66. The fraction of sp³-hybridized carbons (Fsp3) is 0.182. The van der Waals surface area contributed by atoms with Gasteiger partial charge in [0.05, 0.1) is 18.3 Å². The van der Waals surface area contributed by atoms with Gasteiger partial charge >= 0.3 is 6.03 Å². The van der Waals surface area contributed by atoms with Crippen molar-refractivity contribution < 1.29 is 14.4 Å². The van der Waals surface area contributed by atoms with Gasteiger partial charge in [-0.05, 0) is 67.3 Å². The number of anilines is 6. The van der Waals surface area contributed by atoms with Gasteiger partial charge in [-0.1, -0.05) is 49.0 Å². The predicted octanol–water partition coefficient (Wildman–Crippen LogP) is 5.05. The molecule has 1 aromatic heterocycles. The van der Waals surface area contributed by atoms with Crippen LogP contribution >= 0.6 is 0 Å². The van der Waals surface area contributed by atoms with Crippen molar-refractivity contribution in [3.63, 3.8) is 0 Å². The molecule has 11 nitrogen and oxygen atoms in total. The van der Waals surface area contributed by atoms with Crippen LogP contribution < -0.4 is 31.5 Å². The molecule has 0 fully saturated rings. The van der Waals surface area contributed by atoms with E-state index in [4.69, 9.17) is 5.73 Å². The summed E-state index contributed by atoms with van der Waals surface area (Å²) in [5.41, 5.74) is 12.1. The van der Waals surface area contributed by atoms with Crippen molar-refractivity contribution in [1.29, 1.82) is 0 Å². The van der Waals surface area contributed by atoms with Crippen LogP contribution in [0.15, 0.2) is 85.6 Å². The lowest BCUT2D eigenvalue weighted by molar-refractivity contribution is -0.117. The minimum absolute atomic E-state index is 0.243. The van der Waals surface area contributed by atoms with Crippen LogP contribution in [0.25, 0.3) is 0 Å². The van der Waals surface area contributed by atoms with Gasteiger partial charge in [-0.2, -0.15) is 4.98 Å². The number of aromatic nitrogens is 2. The van der Waals surface area contributed by atoms with Gasteiger partial charge in [0.25, 0.3) is 0 Å². The van der Waals surface area contributed by atoms with Gasteiger partial charge in [-0.15, -0.1) is 0 Å². The van der Waals surface area contributed by atoms with Crippen molar-refractivity contribution in [3.05, 3.63) is 108 Å². The van der Waals surface area contributed by atoms with Gasteiger partial charge in [0.2, 0.25) is 17.8 Å². The Balaban J connectivity index is 1.32. The molecule has 4 aromatic rings. The van der Waals surface area contributed by atoms with Crippen LogP contribution in [0.2, 0.25) is 0 Å². The molecule has 0 spiro atoms. The van der Waals surface area contributed by atoms with E-state index in [1.54, 1.807) is 36.3 Å². The van der Waals surface area contributed by atoms with Crippen molar-refractivity contribution in [1.82, 2.24) is 9.97 Å². The zero-order valence-corrected chi connectivity index (χ0v) is 24.8. The molecule has 0 bridgehead atoms. The molecule has 1 atom stereocenters. The van der Waals surface area contributed by atoms with Crippen LogP contribution in [-0.2, 0) is 22.6 Å². The minimum Gasteiger partial charge on any atom is -0.325 e. The number of fused-ring (bicyclic) bond motifs is 1. The molecule has 3 aromatic carbocycles. The Hall–Kier alpha value is -5.55. The van der Waals surface area contributed by atoms with Crippen molar-refractivity contribution in [3.8, 4) is 0 Å². The molecular formula is C33H34N8O3. The second kappa shape index (κ2) is 12.8. The first-order valence-corrected chi connectivity index (χ1v) is 14.1. The average molecular weight is 591 g/mol. The maximum atomic E-state index is 13.6. The number of hydrogen-bond acceptors (Lipinski definition) is 7. The molecule has 44 heavy (non-hydrogen) atoms. The number of nitrogens with two attached hydrogens (primary N) is 1. The topological polar surface area (TPSA) is 146 Å². The molecule has 0 saturated carbocycles. The second-order valence-corrected chi connectivity index (χ2v) is 10.6. The zero-order chi connectivity index (χ0) is 31.4. The van der Waals surface area contributed by atoms with Crippen LogP contribution in [0.1, 0.15) is 22.3 Å². The summed E-state index contributed by atoms with van der Waals surface area (Å²) in [5.74, 6) is 0.155. The van der Waals surface area contributed by atoms with Crippen LogP contribution in [0.3, 0.4) is 0 Å². The van der Waals surface area contributed by atoms with Crippen LogP contribution in [0.4, 0.5) is 39.3 Å². The summed E-state index contributed by atoms with van der Waals surface area (Å²) in [6.07, 6.45) is 3.29. The Bertz CT molecular complexity index is 1740. The molecule has 1 aliphatic heterocycles. The third-order valence-corrected chi connectivity index (χ3v) is 7.35. The summed E-state index contributed by atoms with van der Waals surface area (Å²) < 4.78 is 0. The van der Waals surface area contributed by atoms with Crippen molar-refractivity contribution in [2.45, 2.75) is 32.9 Å². The molecular weight excluding hydrogens is 556 g/mol. The number of nitrogens with one attached hydrogen (secondary N) is 3. The molecule has 0 aliphatic carbocycles. The highest BCUT2D eigenvalue weighted by molar-refractivity contribution is 6.06. The molecule has 2 heterocycles. The summed E-state index contributed by atoms with van der Waals surface area (Å²) in [6, 6.07) is 19.5. The van der Waals surface area contributed by atoms with Gasteiger partial charge in [-0.25, -0.2) is 9.78 Å². The normalized spacial score (nSPS) is 13.1. The number of urea groups is 1. The standard InChI is InChI=1S/C33H34N8O3/c1-5-29(42)38-27-16-24(13-11-20(27)2)37-32-35-18-23-19-41(33(44)40(4)30(23)39-32)28-17-25(14-12-21(28)3)36-31(43)26(34)15-22-9-7-6-8-10-22/h5-14,16-18,26H,1,15,19,34H2,2-4H3,(H,36,43)(H,38,42)(H,35,37,39)/t26-/m0/s1. The maximum Gasteiger partial charge on any atom is 0.330 e. The van der Waals surface area contributed by atoms with Crippen molar-refractivity contribution >= 4 is 52.4 Å². The van der Waals surface area contributed by atoms with E-state index in [9.17, 15) is 14.4 Å². The van der Waals surface area contributed by atoms with Gasteiger partial charge in [0, 0.05) is 35.9 Å². The molecule has 0 saturated heterocycles. The fourth-order valence-corrected chi connectivity index (χ4v) is 4.88. The quantitative estimate of drug-likeness (QED) is 0.200. The first-order chi connectivity index (χ1) is 21.1. The van der Waals surface area contributed by atoms with Crippen molar-refractivity contribution in [2.75, 3.05) is 32.8 Å². The fourth-order valence-electron chi connectivity index (χ4n) is 4.88. The molecule has 224 valence electrons. The number of benzene rings is 3. The number of aryl methyl sites for hydroxylation is 2. The molecule has 1 aliphatic rings. The van der Waals surface area contributed by atoms with Crippen LogP contribution in [0.5, 0.6) is 0 Å². The molecule has 0 unspecified atom stereocenters. The molecule has 11 heteroatoms. The number of carbonyl (C=O) groups is 3. The second-order valence-electron chi connectivity index (χ2n) is 10.6. The van der Waals surface area contributed by atoms with E-state index in [0.717, 1.165) is 22.3 Å². The Morgan fingerprint density at radius 1 is 1.02 bits per heavy atom. The summed E-state index contributed by atoms with van der Waals surface area (Å²) >= 11 is 0. The first-order valence-electron chi connectivity index (χ1n) is 14.1. The number of nitrogens with zero attached hydrogens (tertiary/aromatic N) is 4. The predicted molar refractivity (Wildman–Crippen MR) is 173 cm³/mol. The van der Waals surface area contributed by atoms with E-state index >= 15 is 0 Å². The summed E-state index contributed by atoms with van der Waals surface area (Å²) in [5, 5.41) is 8.82. The van der Waals surface area contributed by atoms with Gasteiger partial charge in [-0.3, -0.25) is 19.4 Å².